The summed E-state index contributed by atoms with van der Waals surface area (Å²) in [4.78, 5) is 13.6. The summed E-state index contributed by atoms with van der Waals surface area (Å²) in [6.45, 7) is 3.68. The lowest BCUT2D eigenvalue weighted by molar-refractivity contribution is -0.146. The largest absolute Gasteiger partial charge is 0.468 e. The minimum absolute atomic E-state index is 0.0616. The molecule has 0 aromatic carbocycles. The number of likely N-dealkylation sites (tertiary alicyclic amines) is 1. The Morgan fingerprint density at radius 2 is 2.43 bits per heavy atom. The minimum Gasteiger partial charge on any atom is -0.468 e. The number of nitrogens with two attached hydrogens (primary N) is 1. The standard InChI is InChI=1S/C10H20N2O2/c1-3-8(7-11)12-6-4-5-9(12)10(13)14-2/h8-9H,3-7,11H2,1-2H3. The molecule has 1 heterocycles. The van der Waals surface area contributed by atoms with E-state index in [0.29, 0.717) is 12.6 Å². The van der Waals surface area contributed by atoms with Gasteiger partial charge in [-0.15, -0.1) is 0 Å². The zero-order valence-electron chi connectivity index (χ0n) is 9.03. The predicted molar refractivity (Wildman–Crippen MR) is 54.9 cm³/mol. The van der Waals surface area contributed by atoms with E-state index in [1.54, 1.807) is 0 Å². The quantitative estimate of drug-likeness (QED) is 0.666. The third-order valence-electron chi connectivity index (χ3n) is 2.98. The number of hydrogen-bond acceptors (Lipinski definition) is 4. The lowest BCUT2D eigenvalue weighted by Gasteiger charge is -2.29. The number of carbonyl (C=O) groups excluding carboxylic acids is 1. The predicted octanol–water partition coefficient (Wildman–Crippen LogP) is 0.361. The van der Waals surface area contributed by atoms with E-state index in [0.717, 1.165) is 25.8 Å². The Balaban J connectivity index is 2.62. The number of hydrogen-bond donors (Lipinski definition) is 1. The van der Waals surface area contributed by atoms with Crippen molar-refractivity contribution in [3.63, 3.8) is 0 Å². The van der Waals surface area contributed by atoms with Crippen LogP contribution in [-0.4, -0.2) is 43.2 Å². The molecule has 0 amide bonds. The summed E-state index contributed by atoms with van der Waals surface area (Å²) in [5, 5.41) is 0. The highest BCUT2D eigenvalue weighted by Crippen LogP contribution is 2.21. The van der Waals surface area contributed by atoms with Crippen molar-refractivity contribution >= 4 is 5.97 Å². The van der Waals surface area contributed by atoms with Crippen molar-refractivity contribution in [2.24, 2.45) is 5.73 Å². The molecular weight excluding hydrogens is 180 g/mol. The first kappa shape index (κ1) is 11.5. The van der Waals surface area contributed by atoms with E-state index >= 15 is 0 Å². The maximum Gasteiger partial charge on any atom is 0.323 e. The van der Waals surface area contributed by atoms with Crippen LogP contribution in [0, 0.1) is 0 Å². The van der Waals surface area contributed by atoms with Crippen molar-refractivity contribution in [3.05, 3.63) is 0 Å². The average molecular weight is 200 g/mol. The van der Waals surface area contributed by atoms with Crippen molar-refractivity contribution in [1.29, 1.82) is 0 Å². The number of methoxy groups -OCH3 is 1. The lowest BCUT2D eigenvalue weighted by atomic mass is 10.1. The van der Waals surface area contributed by atoms with Gasteiger partial charge in [0.15, 0.2) is 0 Å². The van der Waals surface area contributed by atoms with E-state index in [2.05, 4.69) is 11.8 Å². The van der Waals surface area contributed by atoms with Crippen LogP contribution in [-0.2, 0) is 9.53 Å². The summed E-state index contributed by atoms with van der Waals surface area (Å²) in [6, 6.07) is 0.259. The Morgan fingerprint density at radius 1 is 1.71 bits per heavy atom. The van der Waals surface area contributed by atoms with Gasteiger partial charge < -0.3 is 10.5 Å². The van der Waals surface area contributed by atoms with Crippen LogP contribution in [0.3, 0.4) is 0 Å². The van der Waals surface area contributed by atoms with Crippen molar-refractivity contribution < 1.29 is 9.53 Å². The summed E-state index contributed by atoms with van der Waals surface area (Å²) in [5.74, 6) is -0.116. The molecule has 2 atom stereocenters. The smallest absolute Gasteiger partial charge is 0.323 e. The molecule has 1 rings (SSSR count). The third-order valence-corrected chi connectivity index (χ3v) is 2.98. The Labute approximate surface area is 85.4 Å². The van der Waals surface area contributed by atoms with Gasteiger partial charge in [-0.05, 0) is 25.8 Å². The van der Waals surface area contributed by atoms with Crippen LogP contribution >= 0.6 is 0 Å². The number of carbonyl (C=O) groups is 1. The Hall–Kier alpha value is -0.610. The number of ether oxygens (including phenoxy) is 1. The third kappa shape index (κ3) is 2.25. The molecule has 1 saturated heterocycles. The van der Waals surface area contributed by atoms with Gasteiger partial charge in [-0.25, -0.2) is 0 Å². The van der Waals surface area contributed by atoms with Gasteiger partial charge in [0.2, 0.25) is 0 Å². The highest BCUT2D eigenvalue weighted by molar-refractivity contribution is 5.76. The van der Waals surface area contributed by atoms with Gasteiger partial charge in [0.05, 0.1) is 7.11 Å². The second-order valence-corrected chi connectivity index (χ2v) is 3.72. The zero-order chi connectivity index (χ0) is 10.6. The number of rotatable bonds is 4. The molecule has 4 nitrogen and oxygen atoms in total. The molecule has 0 aromatic rings. The fourth-order valence-corrected chi connectivity index (χ4v) is 2.15. The van der Waals surface area contributed by atoms with E-state index < -0.39 is 0 Å². The fraction of sp³-hybridized carbons (Fsp3) is 0.900. The summed E-state index contributed by atoms with van der Waals surface area (Å²) in [7, 11) is 1.45. The molecule has 82 valence electrons. The summed E-state index contributed by atoms with van der Waals surface area (Å²) >= 11 is 0. The van der Waals surface area contributed by atoms with Crippen molar-refractivity contribution in [2.75, 3.05) is 20.2 Å². The minimum atomic E-state index is -0.116. The molecule has 0 spiro atoms. The number of nitrogens with zero attached hydrogens (tertiary/aromatic N) is 1. The van der Waals surface area contributed by atoms with Gasteiger partial charge >= 0.3 is 5.97 Å². The molecule has 4 heteroatoms. The Kier molecular flexibility index (Phi) is 4.35. The molecule has 2 unspecified atom stereocenters. The summed E-state index contributed by atoms with van der Waals surface area (Å²) < 4.78 is 4.78. The molecule has 14 heavy (non-hydrogen) atoms. The van der Waals surface area contributed by atoms with E-state index in [9.17, 15) is 4.79 Å². The molecule has 0 aliphatic carbocycles. The van der Waals surface area contributed by atoms with Gasteiger partial charge in [-0.3, -0.25) is 9.69 Å². The van der Waals surface area contributed by atoms with Crippen LogP contribution < -0.4 is 5.73 Å². The van der Waals surface area contributed by atoms with E-state index in [4.69, 9.17) is 10.5 Å². The first-order chi connectivity index (χ1) is 6.74. The first-order valence-corrected chi connectivity index (χ1v) is 5.28. The maximum absolute atomic E-state index is 11.5. The molecule has 2 N–H and O–H groups in total. The highest BCUT2D eigenvalue weighted by Gasteiger charge is 2.34. The van der Waals surface area contributed by atoms with Crippen molar-refractivity contribution in [2.45, 2.75) is 38.3 Å². The fourth-order valence-electron chi connectivity index (χ4n) is 2.15. The second kappa shape index (κ2) is 5.32. The number of esters is 1. The molecule has 1 fully saturated rings. The highest BCUT2D eigenvalue weighted by atomic mass is 16.5. The van der Waals surface area contributed by atoms with Crippen LogP contribution in [0.5, 0.6) is 0 Å². The van der Waals surface area contributed by atoms with Gasteiger partial charge in [0, 0.05) is 12.6 Å². The van der Waals surface area contributed by atoms with E-state index in [-0.39, 0.29) is 12.0 Å². The monoisotopic (exact) mass is 200 g/mol. The zero-order valence-corrected chi connectivity index (χ0v) is 9.03. The maximum atomic E-state index is 11.5. The van der Waals surface area contributed by atoms with Gasteiger partial charge in [-0.1, -0.05) is 6.92 Å². The average Bonchev–Trinajstić information content (AvgIpc) is 2.68. The van der Waals surface area contributed by atoms with Gasteiger partial charge in [-0.2, -0.15) is 0 Å². The Morgan fingerprint density at radius 3 is 2.93 bits per heavy atom. The lowest BCUT2D eigenvalue weighted by Crippen LogP contribution is -2.46. The van der Waals surface area contributed by atoms with Crippen molar-refractivity contribution in [1.82, 2.24) is 4.90 Å². The van der Waals surface area contributed by atoms with Gasteiger partial charge in [0.1, 0.15) is 6.04 Å². The molecular formula is C10H20N2O2. The molecule has 1 aliphatic heterocycles. The first-order valence-electron chi connectivity index (χ1n) is 5.28. The van der Waals surface area contributed by atoms with Crippen LogP contribution in [0.4, 0.5) is 0 Å². The summed E-state index contributed by atoms with van der Waals surface area (Å²) in [6.07, 6.45) is 2.96. The van der Waals surface area contributed by atoms with Crippen LogP contribution in [0.25, 0.3) is 0 Å². The topological polar surface area (TPSA) is 55.6 Å². The summed E-state index contributed by atoms with van der Waals surface area (Å²) in [5.41, 5.74) is 5.67. The normalized spacial score (nSPS) is 24.9. The molecule has 0 radical (unpaired) electrons. The SMILES string of the molecule is CCC(CN)N1CCCC1C(=O)OC. The van der Waals surface area contributed by atoms with Crippen LogP contribution in [0.1, 0.15) is 26.2 Å². The van der Waals surface area contributed by atoms with E-state index in [1.165, 1.54) is 7.11 Å². The van der Waals surface area contributed by atoms with Gasteiger partial charge in [0.25, 0.3) is 0 Å². The van der Waals surface area contributed by atoms with Crippen molar-refractivity contribution in [3.8, 4) is 0 Å². The van der Waals surface area contributed by atoms with Crippen LogP contribution in [0.2, 0.25) is 0 Å². The molecule has 0 bridgehead atoms. The van der Waals surface area contributed by atoms with Crippen LogP contribution in [0.15, 0.2) is 0 Å². The Bertz CT molecular complexity index is 193. The van der Waals surface area contributed by atoms with E-state index in [1.807, 2.05) is 0 Å². The molecule has 1 aliphatic rings. The molecule has 0 aromatic heterocycles. The molecule has 0 saturated carbocycles. The second-order valence-electron chi connectivity index (χ2n) is 3.72.